The fourth-order valence-electron chi connectivity index (χ4n) is 1.90. The van der Waals surface area contributed by atoms with Gasteiger partial charge in [0.1, 0.15) is 5.54 Å². The maximum absolute atomic E-state index is 12.4. The lowest BCUT2D eigenvalue weighted by atomic mass is 9.89. The maximum atomic E-state index is 12.4. The summed E-state index contributed by atoms with van der Waals surface area (Å²) in [7, 11) is 0. The first-order valence-electron chi connectivity index (χ1n) is 5.67. The van der Waals surface area contributed by atoms with Gasteiger partial charge in [-0.1, -0.05) is 0 Å². The summed E-state index contributed by atoms with van der Waals surface area (Å²) in [6, 6.07) is 0. The van der Waals surface area contributed by atoms with Gasteiger partial charge in [-0.25, -0.2) is 4.79 Å². The van der Waals surface area contributed by atoms with Crippen molar-refractivity contribution in [3.05, 3.63) is 0 Å². The SMILES string of the molecule is O=C(NC1(C(=O)O)CCOCC1)C(C(F)(F)F)C(F)(F)F. The zero-order chi connectivity index (χ0) is 16.5. The van der Waals surface area contributed by atoms with Crippen LogP contribution in [0, 0.1) is 5.92 Å². The van der Waals surface area contributed by atoms with Gasteiger partial charge in [-0.05, 0) is 0 Å². The Morgan fingerprint density at radius 1 is 1.05 bits per heavy atom. The van der Waals surface area contributed by atoms with Crippen LogP contribution in [0.25, 0.3) is 0 Å². The molecule has 1 aliphatic rings. The van der Waals surface area contributed by atoms with Gasteiger partial charge in [0.25, 0.3) is 0 Å². The summed E-state index contributed by atoms with van der Waals surface area (Å²) < 4.78 is 79.2. The molecule has 0 aliphatic carbocycles. The molecule has 0 saturated carbocycles. The van der Waals surface area contributed by atoms with E-state index >= 15 is 0 Å². The van der Waals surface area contributed by atoms with Crippen molar-refractivity contribution in [3.63, 3.8) is 0 Å². The second kappa shape index (κ2) is 5.70. The molecule has 0 aromatic carbocycles. The van der Waals surface area contributed by atoms with Crippen molar-refractivity contribution < 1.29 is 45.8 Å². The van der Waals surface area contributed by atoms with Crippen molar-refractivity contribution in [1.82, 2.24) is 5.32 Å². The topological polar surface area (TPSA) is 75.6 Å². The van der Waals surface area contributed by atoms with Crippen LogP contribution >= 0.6 is 0 Å². The van der Waals surface area contributed by atoms with Crippen LogP contribution in [0.15, 0.2) is 0 Å². The van der Waals surface area contributed by atoms with E-state index in [1.54, 1.807) is 0 Å². The van der Waals surface area contributed by atoms with Gasteiger partial charge in [0.15, 0.2) is 0 Å². The molecule has 0 aromatic heterocycles. The van der Waals surface area contributed by atoms with E-state index in [2.05, 4.69) is 0 Å². The number of aliphatic carboxylic acids is 1. The number of hydrogen-bond donors (Lipinski definition) is 2. The van der Waals surface area contributed by atoms with Gasteiger partial charge in [0, 0.05) is 26.1 Å². The Kier molecular flexibility index (Phi) is 4.76. The van der Waals surface area contributed by atoms with Crippen molar-refractivity contribution in [2.45, 2.75) is 30.7 Å². The van der Waals surface area contributed by atoms with Crippen molar-refractivity contribution >= 4 is 11.9 Å². The van der Waals surface area contributed by atoms with Crippen LogP contribution in [0.4, 0.5) is 26.3 Å². The van der Waals surface area contributed by atoms with Gasteiger partial charge in [0.05, 0.1) is 0 Å². The van der Waals surface area contributed by atoms with Crippen LogP contribution < -0.4 is 5.32 Å². The lowest BCUT2D eigenvalue weighted by molar-refractivity contribution is -0.275. The van der Waals surface area contributed by atoms with Crippen molar-refractivity contribution in [1.29, 1.82) is 0 Å². The third-order valence-electron chi connectivity index (χ3n) is 3.04. The second-order valence-corrected chi connectivity index (χ2v) is 4.51. The number of carboxylic acids is 1. The fraction of sp³-hybridized carbons (Fsp3) is 0.800. The van der Waals surface area contributed by atoms with E-state index in [1.807, 2.05) is 0 Å². The number of carbonyl (C=O) groups excluding carboxylic acids is 1. The molecule has 21 heavy (non-hydrogen) atoms. The Hall–Kier alpha value is -1.52. The predicted molar refractivity (Wildman–Crippen MR) is 54.2 cm³/mol. The summed E-state index contributed by atoms with van der Waals surface area (Å²) in [6.45, 7) is -0.398. The highest BCUT2D eigenvalue weighted by atomic mass is 19.4. The average molecular weight is 323 g/mol. The lowest BCUT2D eigenvalue weighted by Gasteiger charge is -2.35. The zero-order valence-electron chi connectivity index (χ0n) is 10.3. The Labute approximate surface area is 114 Å². The standard InChI is InChI=1S/C10H11F6NO4/c11-9(12,13)5(10(14,15)16)6(18)17-8(7(19)20)1-3-21-4-2-8/h5H,1-4H2,(H,17,18)(H,19,20). The first kappa shape index (κ1) is 17.5. The van der Waals surface area contributed by atoms with Crippen LogP contribution in [-0.2, 0) is 14.3 Å². The molecule has 1 aliphatic heterocycles. The van der Waals surface area contributed by atoms with Crippen LogP contribution in [-0.4, -0.2) is 48.1 Å². The molecule has 0 atom stereocenters. The van der Waals surface area contributed by atoms with Crippen molar-refractivity contribution in [2.75, 3.05) is 13.2 Å². The molecule has 11 heteroatoms. The molecule has 0 bridgehead atoms. The van der Waals surface area contributed by atoms with E-state index in [4.69, 9.17) is 9.84 Å². The van der Waals surface area contributed by atoms with Crippen LogP contribution in [0.2, 0.25) is 0 Å². The summed E-state index contributed by atoms with van der Waals surface area (Å²) in [5.41, 5.74) is -2.19. The number of rotatable bonds is 3. The number of carboxylic acid groups (broad SMARTS) is 1. The van der Waals surface area contributed by atoms with E-state index in [0.717, 1.165) is 0 Å². The molecular formula is C10H11F6NO4. The van der Waals surface area contributed by atoms with E-state index in [1.165, 1.54) is 5.32 Å². The summed E-state index contributed by atoms with van der Waals surface area (Å²) in [5.74, 6) is -8.41. The Morgan fingerprint density at radius 3 is 1.81 bits per heavy atom. The highest BCUT2D eigenvalue weighted by Gasteiger charge is 2.62. The lowest BCUT2D eigenvalue weighted by Crippen LogP contribution is -2.61. The smallest absolute Gasteiger partial charge is 0.409 e. The number of carbonyl (C=O) groups is 2. The first-order valence-corrected chi connectivity index (χ1v) is 5.67. The van der Waals surface area contributed by atoms with Crippen LogP contribution in [0.5, 0.6) is 0 Å². The molecule has 1 amide bonds. The van der Waals surface area contributed by atoms with E-state index < -0.39 is 48.5 Å². The minimum Gasteiger partial charge on any atom is -0.480 e. The molecule has 0 unspecified atom stereocenters. The Morgan fingerprint density at radius 2 is 1.48 bits per heavy atom. The number of hydrogen-bond acceptors (Lipinski definition) is 3. The molecule has 0 spiro atoms. The third kappa shape index (κ3) is 3.99. The predicted octanol–water partition coefficient (Wildman–Crippen LogP) is 1.48. The molecular weight excluding hydrogens is 312 g/mol. The normalized spacial score (nSPS) is 19.4. The summed E-state index contributed by atoms with van der Waals surface area (Å²) >= 11 is 0. The average Bonchev–Trinajstić information content (AvgIpc) is 2.25. The summed E-state index contributed by atoms with van der Waals surface area (Å²) in [5, 5.41) is 10.4. The van der Waals surface area contributed by atoms with Gasteiger partial charge in [-0.2, -0.15) is 26.3 Å². The van der Waals surface area contributed by atoms with E-state index in [9.17, 15) is 35.9 Å². The molecule has 0 radical (unpaired) electrons. The number of alkyl halides is 6. The summed E-state index contributed by atoms with van der Waals surface area (Å²) in [4.78, 5) is 22.5. The highest BCUT2D eigenvalue weighted by Crippen LogP contribution is 2.40. The van der Waals surface area contributed by atoms with E-state index in [0.29, 0.717) is 0 Å². The largest absolute Gasteiger partial charge is 0.480 e. The third-order valence-corrected chi connectivity index (χ3v) is 3.04. The fourth-order valence-corrected chi connectivity index (χ4v) is 1.90. The number of ether oxygens (including phenoxy) is 1. The maximum Gasteiger partial charge on any atom is 0.409 e. The molecule has 2 N–H and O–H groups in total. The van der Waals surface area contributed by atoms with Gasteiger partial charge in [-0.15, -0.1) is 0 Å². The second-order valence-electron chi connectivity index (χ2n) is 4.51. The molecule has 122 valence electrons. The molecule has 5 nitrogen and oxygen atoms in total. The highest BCUT2D eigenvalue weighted by molar-refractivity contribution is 5.89. The monoisotopic (exact) mass is 323 g/mol. The zero-order valence-corrected chi connectivity index (χ0v) is 10.3. The molecule has 1 rings (SSSR count). The number of nitrogens with one attached hydrogen (secondary N) is 1. The van der Waals surface area contributed by atoms with Gasteiger partial charge >= 0.3 is 18.3 Å². The van der Waals surface area contributed by atoms with Gasteiger partial charge in [0.2, 0.25) is 11.8 Å². The summed E-state index contributed by atoms with van der Waals surface area (Å²) in [6.07, 6.45) is -12.6. The first-order chi connectivity index (χ1) is 9.40. The minimum absolute atomic E-state index is 0.199. The number of amides is 1. The van der Waals surface area contributed by atoms with E-state index in [-0.39, 0.29) is 13.2 Å². The van der Waals surface area contributed by atoms with Gasteiger partial charge in [-0.3, -0.25) is 4.79 Å². The van der Waals surface area contributed by atoms with Crippen LogP contribution in [0.1, 0.15) is 12.8 Å². The molecule has 0 aromatic rings. The molecule has 1 saturated heterocycles. The molecule has 1 fully saturated rings. The van der Waals surface area contributed by atoms with Crippen molar-refractivity contribution in [3.8, 4) is 0 Å². The van der Waals surface area contributed by atoms with Crippen molar-refractivity contribution in [2.24, 2.45) is 5.92 Å². The van der Waals surface area contributed by atoms with Crippen LogP contribution in [0.3, 0.4) is 0 Å². The number of halogens is 6. The Balaban J connectivity index is 3.02. The Bertz CT molecular complexity index is 399. The quantitative estimate of drug-likeness (QED) is 0.772. The van der Waals surface area contributed by atoms with Gasteiger partial charge < -0.3 is 15.2 Å². The minimum atomic E-state index is -5.87. The molecule has 1 heterocycles.